The zero-order valence-electron chi connectivity index (χ0n) is 17.6. The van der Waals surface area contributed by atoms with Gasteiger partial charge in [0.2, 0.25) is 0 Å². The van der Waals surface area contributed by atoms with E-state index in [2.05, 4.69) is 33.9 Å². The Kier molecular flexibility index (Phi) is 6.88. The molecule has 0 aliphatic heterocycles. The van der Waals surface area contributed by atoms with Crippen molar-refractivity contribution in [3.05, 3.63) is 65.5 Å². The predicted octanol–water partition coefficient (Wildman–Crippen LogP) is 4.69. The van der Waals surface area contributed by atoms with Crippen molar-refractivity contribution in [1.29, 1.82) is 5.26 Å². The SMILES string of the molecule is N#Cc1ccc2[nH]cc(CCCCNCCCNc3ccc4oc(CO)cc4c3)c2c1. The molecule has 0 amide bonds. The van der Waals surface area contributed by atoms with Crippen LogP contribution in [0.15, 0.2) is 53.1 Å². The van der Waals surface area contributed by atoms with Crippen molar-refractivity contribution in [3.63, 3.8) is 0 Å². The van der Waals surface area contributed by atoms with Gasteiger partial charge in [0.05, 0.1) is 11.6 Å². The van der Waals surface area contributed by atoms with Gasteiger partial charge < -0.3 is 25.1 Å². The van der Waals surface area contributed by atoms with Crippen molar-refractivity contribution in [2.45, 2.75) is 32.3 Å². The maximum absolute atomic E-state index is 9.17. The standard InChI is InChI=1S/C25H28N4O2/c26-15-18-5-7-24-23(12-18)19(16-29-24)4-1-2-9-27-10-3-11-28-21-6-8-25-20(13-21)14-22(17-30)31-25/h5-8,12-14,16,27-30H,1-4,9-11,17H2. The van der Waals surface area contributed by atoms with E-state index in [-0.39, 0.29) is 6.61 Å². The average molecular weight is 417 g/mol. The molecule has 31 heavy (non-hydrogen) atoms. The molecule has 160 valence electrons. The molecule has 0 saturated carbocycles. The van der Waals surface area contributed by atoms with Gasteiger partial charge in [-0.1, -0.05) is 0 Å². The normalized spacial score (nSPS) is 11.2. The topological polar surface area (TPSA) is 97.0 Å². The van der Waals surface area contributed by atoms with Gasteiger partial charge in [-0.15, -0.1) is 0 Å². The number of aromatic amines is 1. The van der Waals surface area contributed by atoms with E-state index in [1.807, 2.05) is 36.4 Å². The first kappa shape index (κ1) is 21.0. The second-order valence-corrected chi connectivity index (χ2v) is 7.80. The number of unbranched alkanes of at least 4 members (excludes halogenated alkanes) is 1. The van der Waals surface area contributed by atoms with E-state index in [1.54, 1.807) is 0 Å². The molecule has 0 aliphatic carbocycles. The van der Waals surface area contributed by atoms with Crippen molar-refractivity contribution in [1.82, 2.24) is 10.3 Å². The Hall–Kier alpha value is -3.27. The minimum atomic E-state index is -0.0764. The van der Waals surface area contributed by atoms with E-state index in [0.717, 1.165) is 67.5 Å². The van der Waals surface area contributed by atoms with Gasteiger partial charge in [0, 0.05) is 34.7 Å². The van der Waals surface area contributed by atoms with Crippen LogP contribution in [0.4, 0.5) is 5.69 Å². The highest BCUT2D eigenvalue weighted by Gasteiger charge is 2.05. The van der Waals surface area contributed by atoms with Crippen LogP contribution < -0.4 is 10.6 Å². The molecule has 2 heterocycles. The van der Waals surface area contributed by atoms with E-state index in [0.29, 0.717) is 11.3 Å². The number of furan rings is 1. The molecule has 0 atom stereocenters. The van der Waals surface area contributed by atoms with Gasteiger partial charge in [-0.25, -0.2) is 0 Å². The molecule has 4 aromatic rings. The van der Waals surface area contributed by atoms with Gasteiger partial charge in [0.25, 0.3) is 0 Å². The summed E-state index contributed by atoms with van der Waals surface area (Å²) < 4.78 is 5.51. The summed E-state index contributed by atoms with van der Waals surface area (Å²) in [7, 11) is 0. The Bertz CT molecular complexity index is 1190. The van der Waals surface area contributed by atoms with Crippen molar-refractivity contribution < 1.29 is 9.52 Å². The van der Waals surface area contributed by atoms with Gasteiger partial charge in [0.1, 0.15) is 18.0 Å². The summed E-state index contributed by atoms with van der Waals surface area (Å²) in [6.07, 6.45) is 6.38. The summed E-state index contributed by atoms with van der Waals surface area (Å²) >= 11 is 0. The summed E-state index contributed by atoms with van der Waals surface area (Å²) in [6, 6.07) is 15.9. The van der Waals surface area contributed by atoms with E-state index < -0.39 is 0 Å². The van der Waals surface area contributed by atoms with Crippen LogP contribution in [0.25, 0.3) is 21.9 Å². The molecule has 0 spiro atoms. The number of aromatic nitrogens is 1. The van der Waals surface area contributed by atoms with Crippen molar-refractivity contribution in [3.8, 4) is 6.07 Å². The first-order chi connectivity index (χ1) is 15.3. The molecule has 2 aromatic carbocycles. The molecule has 4 N–H and O–H groups in total. The van der Waals surface area contributed by atoms with Gasteiger partial charge in [0.15, 0.2) is 0 Å². The number of nitriles is 1. The van der Waals surface area contributed by atoms with Gasteiger partial charge in [-0.05, 0) is 86.8 Å². The molecule has 0 unspecified atom stereocenters. The van der Waals surface area contributed by atoms with Crippen LogP contribution in [-0.2, 0) is 13.0 Å². The zero-order chi connectivity index (χ0) is 21.5. The molecular weight excluding hydrogens is 388 g/mol. The van der Waals surface area contributed by atoms with Crippen LogP contribution in [0.2, 0.25) is 0 Å². The average Bonchev–Trinajstić information content (AvgIpc) is 3.40. The Morgan fingerprint density at radius 3 is 2.77 bits per heavy atom. The number of nitrogens with one attached hydrogen (secondary N) is 3. The quantitative estimate of drug-likeness (QED) is 0.266. The van der Waals surface area contributed by atoms with Gasteiger partial charge in [-0.2, -0.15) is 5.26 Å². The number of aliphatic hydroxyl groups is 1. The highest BCUT2D eigenvalue weighted by atomic mass is 16.4. The lowest BCUT2D eigenvalue weighted by Gasteiger charge is -2.08. The maximum Gasteiger partial charge on any atom is 0.134 e. The van der Waals surface area contributed by atoms with Crippen LogP contribution in [0.3, 0.4) is 0 Å². The van der Waals surface area contributed by atoms with Crippen LogP contribution in [0.1, 0.15) is 36.1 Å². The van der Waals surface area contributed by atoms with E-state index in [9.17, 15) is 0 Å². The van der Waals surface area contributed by atoms with Crippen LogP contribution >= 0.6 is 0 Å². The third kappa shape index (κ3) is 5.26. The Balaban J connectivity index is 1.11. The van der Waals surface area contributed by atoms with Crippen molar-refractivity contribution in [2.24, 2.45) is 0 Å². The lowest BCUT2D eigenvalue weighted by Crippen LogP contribution is -2.19. The molecule has 2 aromatic heterocycles. The number of nitrogens with zero attached hydrogens (tertiary/aromatic N) is 1. The van der Waals surface area contributed by atoms with Crippen LogP contribution in [0, 0.1) is 11.3 Å². The number of hydrogen-bond donors (Lipinski definition) is 4. The zero-order valence-corrected chi connectivity index (χ0v) is 17.6. The van der Waals surface area contributed by atoms with Crippen molar-refractivity contribution >= 4 is 27.6 Å². The fourth-order valence-corrected chi connectivity index (χ4v) is 3.88. The molecule has 0 aliphatic rings. The summed E-state index contributed by atoms with van der Waals surface area (Å²) in [5.74, 6) is 0.591. The fraction of sp³-hybridized carbons (Fsp3) is 0.320. The second-order valence-electron chi connectivity index (χ2n) is 7.80. The fourth-order valence-electron chi connectivity index (χ4n) is 3.88. The van der Waals surface area contributed by atoms with Gasteiger partial charge in [-0.3, -0.25) is 0 Å². The molecule has 0 bridgehead atoms. The minimum absolute atomic E-state index is 0.0764. The summed E-state index contributed by atoms with van der Waals surface area (Å²) in [5.41, 5.74) is 4.96. The third-order valence-corrected chi connectivity index (χ3v) is 5.53. The number of rotatable bonds is 11. The number of aryl methyl sites for hydroxylation is 1. The summed E-state index contributed by atoms with van der Waals surface area (Å²) in [4.78, 5) is 3.29. The minimum Gasteiger partial charge on any atom is -0.459 e. The molecule has 6 nitrogen and oxygen atoms in total. The first-order valence-corrected chi connectivity index (χ1v) is 10.8. The number of hydrogen-bond acceptors (Lipinski definition) is 5. The molecule has 0 saturated heterocycles. The maximum atomic E-state index is 9.17. The Morgan fingerprint density at radius 1 is 1.00 bits per heavy atom. The first-order valence-electron chi connectivity index (χ1n) is 10.8. The largest absolute Gasteiger partial charge is 0.459 e. The van der Waals surface area contributed by atoms with E-state index in [1.165, 1.54) is 10.9 Å². The number of aliphatic hydroxyl groups excluding tert-OH is 1. The Morgan fingerprint density at radius 2 is 1.90 bits per heavy atom. The van der Waals surface area contributed by atoms with Crippen LogP contribution in [0.5, 0.6) is 0 Å². The van der Waals surface area contributed by atoms with Crippen LogP contribution in [-0.4, -0.2) is 29.7 Å². The lowest BCUT2D eigenvalue weighted by molar-refractivity contribution is 0.251. The number of anilines is 1. The highest BCUT2D eigenvalue weighted by Crippen LogP contribution is 2.23. The summed E-state index contributed by atoms with van der Waals surface area (Å²) in [5, 5.41) is 27.4. The monoisotopic (exact) mass is 416 g/mol. The molecule has 0 fully saturated rings. The molecule has 4 rings (SSSR count). The lowest BCUT2D eigenvalue weighted by atomic mass is 10.1. The second kappa shape index (κ2) is 10.2. The van der Waals surface area contributed by atoms with E-state index in [4.69, 9.17) is 14.8 Å². The number of benzene rings is 2. The molecular formula is C25H28N4O2. The number of fused-ring (bicyclic) bond motifs is 2. The highest BCUT2D eigenvalue weighted by molar-refractivity contribution is 5.84. The van der Waals surface area contributed by atoms with Gasteiger partial charge >= 0.3 is 0 Å². The predicted molar refractivity (Wildman–Crippen MR) is 124 cm³/mol. The summed E-state index contributed by atoms with van der Waals surface area (Å²) in [6.45, 7) is 2.82. The number of H-pyrrole nitrogens is 1. The Labute approximate surface area is 181 Å². The smallest absolute Gasteiger partial charge is 0.134 e. The van der Waals surface area contributed by atoms with E-state index >= 15 is 0 Å². The third-order valence-electron chi connectivity index (χ3n) is 5.53. The molecule has 6 heteroatoms. The molecule has 0 radical (unpaired) electrons. The van der Waals surface area contributed by atoms with Crippen molar-refractivity contribution in [2.75, 3.05) is 25.0 Å².